The van der Waals surface area contributed by atoms with E-state index in [9.17, 15) is 13.0 Å². The summed E-state index contributed by atoms with van der Waals surface area (Å²) in [6, 6.07) is 13.7. The number of unbranched alkanes of at least 4 members (excludes halogenated alkanes) is 5. The number of hydrogen-bond acceptors (Lipinski definition) is 4. The number of para-hydroxylation sites is 1. The van der Waals surface area contributed by atoms with Gasteiger partial charge in [-0.25, -0.2) is 8.42 Å². The van der Waals surface area contributed by atoms with Crippen LogP contribution in [0.25, 0.3) is 0 Å². The van der Waals surface area contributed by atoms with Gasteiger partial charge in [0.1, 0.15) is 21.6 Å². The zero-order chi connectivity index (χ0) is 18.1. The third kappa shape index (κ3) is 8.21. The molecule has 2 rings (SSSR count). The second kappa shape index (κ2) is 12.3. The molecule has 0 aliphatic carbocycles. The third-order valence-corrected chi connectivity index (χ3v) is 4.93. The monoisotopic (exact) mass is 400 g/mol. The predicted octanol–water partition coefficient (Wildman–Crippen LogP) is 2.29. The molecule has 0 amide bonds. The minimum Gasteiger partial charge on any atom is -0.744 e. The van der Waals surface area contributed by atoms with E-state index < -0.39 is 10.1 Å². The summed E-state index contributed by atoms with van der Waals surface area (Å²) in [5.41, 5.74) is 0.852. The Balaban J connectivity index is 0.00000338. The fourth-order valence-corrected chi connectivity index (χ4v) is 3.36. The van der Waals surface area contributed by atoms with Crippen molar-refractivity contribution in [1.29, 1.82) is 0 Å². The van der Waals surface area contributed by atoms with Crippen LogP contribution in [0.15, 0.2) is 53.4 Å². The minimum atomic E-state index is -4.59. The third-order valence-electron chi connectivity index (χ3n) is 4.07. The fourth-order valence-electron chi connectivity index (χ4n) is 2.71. The Morgan fingerprint density at radius 1 is 0.923 bits per heavy atom. The summed E-state index contributed by atoms with van der Waals surface area (Å²) >= 11 is 0. The molecule has 2 aromatic rings. The first kappa shape index (κ1) is 23.8. The van der Waals surface area contributed by atoms with Gasteiger partial charge in [0.05, 0.1) is 4.90 Å². The standard InChI is InChI=1S/C20H26O4S.K/c1-2-3-4-5-6-8-11-17-14-15-19(20(16-17)25(21,22)23)24-18-12-9-7-10-13-18;/h7,9-10,12-16H,2-6,8,11H2,1H3,(H,21,22,23);/q;+1/p-1. The Morgan fingerprint density at radius 2 is 1.58 bits per heavy atom. The SMILES string of the molecule is CCCCCCCCc1ccc(Oc2ccccc2)c(S(=O)(=O)[O-])c1.[K+]. The van der Waals surface area contributed by atoms with Crippen LogP contribution in [0.4, 0.5) is 0 Å². The van der Waals surface area contributed by atoms with Crippen LogP contribution in [-0.4, -0.2) is 13.0 Å². The molecule has 26 heavy (non-hydrogen) atoms. The smallest absolute Gasteiger partial charge is 0.744 e. The Labute approximate surface area is 199 Å². The van der Waals surface area contributed by atoms with E-state index in [1.54, 1.807) is 30.3 Å². The van der Waals surface area contributed by atoms with Crippen LogP contribution >= 0.6 is 0 Å². The average Bonchev–Trinajstić information content (AvgIpc) is 2.59. The Hall–Kier alpha value is -0.214. The maximum absolute atomic E-state index is 11.6. The maximum atomic E-state index is 11.6. The van der Waals surface area contributed by atoms with Crippen molar-refractivity contribution in [2.45, 2.75) is 56.8 Å². The van der Waals surface area contributed by atoms with Crippen LogP contribution in [0.5, 0.6) is 11.5 Å². The summed E-state index contributed by atoms with van der Waals surface area (Å²) in [5.74, 6) is 0.573. The average molecular weight is 401 g/mol. The van der Waals surface area contributed by atoms with E-state index in [1.165, 1.54) is 31.7 Å². The Morgan fingerprint density at radius 3 is 2.23 bits per heavy atom. The number of aryl methyl sites for hydroxylation is 1. The van der Waals surface area contributed by atoms with Gasteiger partial charge in [0.15, 0.2) is 0 Å². The molecule has 0 radical (unpaired) electrons. The van der Waals surface area contributed by atoms with E-state index in [4.69, 9.17) is 4.74 Å². The predicted molar refractivity (Wildman–Crippen MR) is 98.0 cm³/mol. The van der Waals surface area contributed by atoms with Crippen molar-refractivity contribution < 1.29 is 69.1 Å². The van der Waals surface area contributed by atoms with Crippen molar-refractivity contribution in [3.8, 4) is 11.5 Å². The van der Waals surface area contributed by atoms with Crippen LogP contribution in [0.2, 0.25) is 0 Å². The molecule has 0 N–H and O–H groups in total. The van der Waals surface area contributed by atoms with E-state index in [1.807, 2.05) is 12.1 Å². The summed E-state index contributed by atoms with van der Waals surface area (Å²) in [5, 5.41) is 0. The van der Waals surface area contributed by atoms with E-state index in [0.717, 1.165) is 24.8 Å². The second-order valence-corrected chi connectivity index (χ2v) is 7.52. The van der Waals surface area contributed by atoms with Gasteiger partial charge in [-0.2, -0.15) is 0 Å². The van der Waals surface area contributed by atoms with Gasteiger partial charge in [-0.1, -0.05) is 63.3 Å². The summed E-state index contributed by atoms with van der Waals surface area (Å²) in [6.07, 6.45) is 7.76. The largest absolute Gasteiger partial charge is 1.00 e. The molecule has 0 heterocycles. The second-order valence-electron chi connectivity index (χ2n) is 6.17. The van der Waals surface area contributed by atoms with E-state index >= 15 is 0 Å². The first-order chi connectivity index (χ1) is 12.0. The van der Waals surface area contributed by atoms with Gasteiger partial charge < -0.3 is 9.29 Å². The topological polar surface area (TPSA) is 66.4 Å². The maximum Gasteiger partial charge on any atom is 1.00 e. The molecular weight excluding hydrogens is 375 g/mol. The summed E-state index contributed by atoms with van der Waals surface area (Å²) < 4.78 is 40.4. The first-order valence-corrected chi connectivity index (χ1v) is 10.2. The van der Waals surface area contributed by atoms with E-state index in [2.05, 4.69) is 6.92 Å². The Kier molecular flexibility index (Phi) is 11.3. The molecule has 0 aromatic heterocycles. The molecule has 4 nitrogen and oxygen atoms in total. The molecule has 0 bridgehead atoms. The van der Waals surface area contributed by atoms with Crippen LogP contribution in [0.3, 0.4) is 0 Å². The Bertz CT molecular complexity index is 761. The molecule has 0 atom stereocenters. The number of benzene rings is 2. The molecule has 0 unspecified atom stereocenters. The van der Waals surface area contributed by atoms with Crippen molar-refractivity contribution in [2.75, 3.05) is 0 Å². The minimum absolute atomic E-state index is 0. The molecule has 136 valence electrons. The van der Waals surface area contributed by atoms with Crippen molar-refractivity contribution in [1.82, 2.24) is 0 Å². The quantitative estimate of drug-likeness (QED) is 0.349. The van der Waals surface area contributed by atoms with E-state index in [-0.39, 0.29) is 62.0 Å². The summed E-state index contributed by atoms with van der Waals surface area (Å²) in [4.78, 5) is -0.292. The van der Waals surface area contributed by atoms with Gasteiger partial charge in [-0.3, -0.25) is 0 Å². The number of rotatable bonds is 10. The number of hydrogen-bond donors (Lipinski definition) is 0. The molecule has 0 spiro atoms. The molecule has 0 saturated carbocycles. The van der Waals surface area contributed by atoms with Crippen LogP contribution in [-0.2, 0) is 16.5 Å². The fraction of sp³-hybridized carbons (Fsp3) is 0.400. The molecule has 0 aliphatic heterocycles. The molecule has 2 aromatic carbocycles. The van der Waals surface area contributed by atoms with Crippen molar-refractivity contribution in [3.05, 3.63) is 54.1 Å². The van der Waals surface area contributed by atoms with Gasteiger partial charge in [-0.05, 0) is 42.7 Å². The van der Waals surface area contributed by atoms with Gasteiger partial charge in [0.25, 0.3) is 0 Å². The zero-order valence-electron chi connectivity index (χ0n) is 15.6. The van der Waals surface area contributed by atoms with Crippen molar-refractivity contribution in [2.24, 2.45) is 0 Å². The van der Waals surface area contributed by atoms with Gasteiger partial charge in [0, 0.05) is 0 Å². The van der Waals surface area contributed by atoms with Gasteiger partial charge >= 0.3 is 51.4 Å². The normalized spacial score (nSPS) is 11.0. The summed E-state index contributed by atoms with van der Waals surface area (Å²) in [6.45, 7) is 2.18. The first-order valence-electron chi connectivity index (χ1n) is 8.82. The van der Waals surface area contributed by atoms with Crippen LogP contribution in [0.1, 0.15) is 51.0 Å². The zero-order valence-corrected chi connectivity index (χ0v) is 19.5. The number of ether oxygens (including phenoxy) is 1. The van der Waals surface area contributed by atoms with Crippen LogP contribution < -0.4 is 56.1 Å². The molecule has 6 heteroatoms. The van der Waals surface area contributed by atoms with Crippen molar-refractivity contribution in [3.63, 3.8) is 0 Å². The van der Waals surface area contributed by atoms with Crippen LogP contribution in [0, 0.1) is 0 Å². The molecule has 0 saturated heterocycles. The van der Waals surface area contributed by atoms with Gasteiger partial charge in [0.2, 0.25) is 0 Å². The van der Waals surface area contributed by atoms with Crippen molar-refractivity contribution >= 4 is 10.1 Å². The molecular formula is C20H25KO4S. The molecule has 0 fully saturated rings. The summed E-state index contributed by atoms with van der Waals surface area (Å²) in [7, 11) is -4.59. The van der Waals surface area contributed by atoms with E-state index in [0.29, 0.717) is 5.75 Å². The van der Waals surface area contributed by atoms with Gasteiger partial charge in [-0.15, -0.1) is 0 Å². The molecule has 0 aliphatic rings.